The molecule has 106 valence electrons. The van der Waals surface area contributed by atoms with Crippen LogP contribution in [0.1, 0.15) is 0 Å². The predicted octanol–water partition coefficient (Wildman–Crippen LogP) is 0.818. The van der Waals surface area contributed by atoms with Gasteiger partial charge in [0.2, 0.25) is 0 Å². The highest BCUT2D eigenvalue weighted by atomic mass is 16.6. The first kappa shape index (κ1) is 17.1. The van der Waals surface area contributed by atoms with Gasteiger partial charge in [-0.15, -0.1) is 13.2 Å². The van der Waals surface area contributed by atoms with Crippen molar-refractivity contribution in [1.29, 1.82) is 0 Å². The molecular weight excluding hydrogens is 260 g/mol. The number of alkyl carbamates (subject to hydrolysis) is 2. The van der Waals surface area contributed by atoms with E-state index in [0.717, 1.165) is 0 Å². The van der Waals surface area contributed by atoms with Crippen LogP contribution in [-0.2, 0) is 9.47 Å². The maximum absolute atomic E-state index is 10.9. The van der Waals surface area contributed by atoms with Gasteiger partial charge in [-0.1, -0.05) is 12.2 Å². The Morgan fingerprint density at radius 2 is 1.30 bits per heavy atom. The van der Waals surface area contributed by atoms with Gasteiger partial charge >= 0.3 is 12.2 Å². The quantitative estimate of drug-likeness (QED) is 0.556. The Kier molecular flexibility index (Phi) is 10.8. The molecule has 0 saturated carbocycles. The monoisotopic (exact) mass is 276 g/mol. The minimum atomic E-state index is -0.575. The van der Waals surface area contributed by atoms with Gasteiger partial charge in [-0.05, 0) is 23.7 Å². The molecule has 0 fully saturated rings. The molecule has 0 aromatic rings. The Morgan fingerprint density at radius 3 is 1.65 bits per heavy atom. The molecule has 0 rings (SSSR count). The SMILES string of the molecule is C=CCNC(=O)OCC#CC#CCOC(=O)NCC=C. The van der Waals surface area contributed by atoms with Crippen molar-refractivity contribution >= 4 is 12.2 Å². The van der Waals surface area contributed by atoms with Gasteiger partial charge in [-0.2, -0.15) is 0 Å². The summed E-state index contributed by atoms with van der Waals surface area (Å²) < 4.78 is 9.38. The molecule has 20 heavy (non-hydrogen) atoms. The van der Waals surface area contributed by atoms with Crippen molar-refractivity contribution in [3.05, 3.63) is 25.3 Å². The van der Waals surface area contributed by atoms with Crippen LogP contribution in [0.25, 0.3) is 0 Å². The summed E-state index contributed by atoms with van der Waals surface area (Å²) in [5, 5.41) is 4.84. The molecule has 2 N–H and O–H groups in total. The Bertz CT molecular complexity index is 419. The molecule has 2 amide bonds. The Balaban J connectivity index is 3.69. The lowest BCUT2D eigenvalue weighted by Gasteiger charge is -2.00. The number of nitrogens with one attached hydrogen (secondary N) is 2. The zero-order chi connectivity index (χ0) is 15.1. The normalized spacial score (nSPS) is 7.80. The van der Waals surface area contributed by atoms with E-state index in [9.17, 15) is 9.59 Å². The highest BCUT2D eigenvalue weighted by Gasteiger charge is 1.96. The van der Waals surface area contributed by atoms with E-state index in [1.807, 2.05) is 0 Å². The number of ether oxygens (including phenoxy) is 2. The standard InChI is InChI=1S/C14H16N2O4/c1-3-9-15-13(17)19-11-7-5-6-8-12-20-14(18)16-10-4-2/h3-4H,1-2,9-12H2,(H,15,17)(H,16,18). The van der Waals surface area contributed by atoms with Gasteiger partial charge in [0.25, 0.3) is 0 Å². The molecule has 0 atom stereocenters. The van der Waals surface area contributed by atoms with Crippen LogP contribution in [0.15, 0.2) is 25.3 Å². The highest BCUT2D eigenvalue weighted by molar-refractivity contribution is 5.67. The lowest BCUT2D eigenvalue weighted by molar-refractivity contribution is 0.160. The molecule has 0 spiro atoms. The second-order valence-electron chi connectivity index (χ2n) is 3.09. The summed E-state index contributed by atoms with van der Waals surface area (Å²) >= 11 is 0. The maximum atomic E-state index is 10.9. The van der Waals surface area contributed by atoms with Crippen molar-refractivity contribution in [2.24, 2.45) is 0 Å². The van der Waals surface area contributed by atoms with E-state index in [1.165, 1.54) is 12.2 Å². The second kappa shape index (κ2) is 12.6. The van der Waals surface area contributed by atoms with Crippen molar-refractivity contribution in [3.63, 3.8) is 0 Å². The number of carbonyl (C=O) groups excluding carboxylic acids is 2. The van der Waals surface area contributed by atoms with Crippen LogP contribution in [0.4, 0.5) is 9.59 Å². The minimum Gasteiger partial charge on any atom is -0.436 e. The molecule has 0 aromatic carbocycles. The molecule has 0 unspecified atom stereocenters. The number of hydrogen-bond donors (Lipinski definition) is 2. The van der Waals surface area contributed by atoms with Crippen LogP contribution in [-0.4, -0.2) is 38.5 Å². The third-order valence-electron chi connectivity index (χ3n) is 1.57. The molecule has 6 nitrogen and oxygen atoms in total. The summed E-state index contributed by atoms with van der Waals surface area (Å²) in [6.45, 7) is 7.40. The van der Waals surface area contributed by atoms with Crippen molar-refractivity contribution < 1.29 is 19.1 Å². The van der Waals surface area contributed by atoms with Gasteiger partial charge in [0.1, 0.15) is 0 Å². The van der Waals surface area contributed by atoms with Crippen LogP contribution in [0, 0.1) is 23.7 Å². The smallest absolute Gasteiger partial charge is 0.408 e. The summed E-state index contributed by atoms with van der Waals surface area (Å²) in [6.07, 6.45) is 1.91. The molecule has 0 saturated heterocycles. The van der Waals surface area contributed by atoms with Crippen molar-refractivity contribution in [1.82, 2.24) is 10.6 Å². The lowest BCUT2D eigenvalue weighted by atomic mass is 10.5. The average molecular weight is 276 g/mol. The van der Waals surface area contributed by atoms with Gasteiger partial charge in [-0.25, -0.2) is 9.59 Å². The number of carbonyl (C=O) groups is 2. The fourth-order valence-electron chi connectivity index (χ4n) is 0.777. The van der Waals surface area contributed by atoms with Gasteiger partial charge < -0.3 is 20.1 Å². The first-order valence-electron chi connectivity index (χ1n) is 5.69. The zero-order valence-corrected chi connectivity index (χ0v) is 11.0. The number of rotatable bonds is 6. The molecule has 6 heteroatoms. The number of amides is 2. The van der Waals surface area contributed by atoms with Crippen LogP contribution in [0.5, 0.6) is 0 Å². The maximum Gasteiger partial charge on any atom is 0.408 e. The molecule has 0 bridgehead atoms. The van der Waals surface area contributed by atoms with E-state index >= 15 is 0 Å². The van der Waals surface area contributed by atoms with E-state index in [2.05, 4.69) is 56.9 Å². The zero-order valence-electron chi connectivity index (χ0n) is 11.0. The van der Waals surface area contributed by atoms with E-state index in [0.29, 0.717) is 13.1 Å². The van der Waals surface area contributed by atoms with E-state index in [1.54, 1.807) is 0 Å². The van der Waals surface area contributed by atoms with Crippen LogP contribution in [0.2, 0.25) is 0 Å². The summed E-state index contributed by atoms with van der Waals surface area (Å²) in [5.74, 6) is 9.93. The van der Waals surface area contributed by atoms with Gasteiger partial charge in [0, 0.05) is 13.1 Å². The first-order valence-corrected chi connectivity index (χ1v) is 5.69. The van der Waals surface area contributed by atoms with Crippen molar-refractivity contribution in [2.45, 2.75) is 0 Å². The fourth-order valence-corrected chi connectivity index (χ4v) is 0.777. The second-order valence-corrected chi connectivity index (χ2v) is 3.09. The third-order valence-corrected chi connectivity index (χ3v) is 1.57. The van der Waals surface area contributed by atoms with E-state index < -0.39 is 12.2 Å². The lowest BCUT2D eigenvalue weighted by Crippen LogP contribution is -2.24. The Morgan fingerprint density at radius 1 is 0.900 bits per heavy atom. The van der Waals surface area contributed by atoms with Crippen LogP contribution in [0.3, 0.4) is 0 Å². The van der Waals surface area contributed by atoms with E-state index in [-0.39, 0.29) is 13.2 Å². The first-order chi connectivity index (χ1) is 9.70. The van der Waals surface area contributed by atoms with Crippen LogP contribution < -0.4 is 10.6 Å². The third kappa shape index (κ3) is 11.6. The molecule has 0 aliphatic heterocycles. The molecule has 0 aliphatic carbocycles. The summed E-state index contributed by atoms with van der Waals surface area (Å²) in [4.78, 5) is 21.9. The Hall–Kier alpha value is -2.86. The molecular formula is C14H16N2O4. The summed E-state index contributed by atoms with van der Waals surface area (Å²) in [6, 6.07) is 0. The molecule has 0 aliphatic rings. The minimum absolute atomic E-state index is 0.0711. The highest BCUT2D eigenvalue weighted by Crippen LogP contribution is 1.77. The molecule has 0 aromatic heterocycles. The van der Waals surface area contributed by atoms with Gasteiger partial charge in [-0.3, -0.25) is 0 Å². The fraction of sp³-hybridized carbons (Fsp3) is 0.286. The Labute approximate surface area is 118 Å². The average Bonchev–Trinajstić information content (AvgIpc) is 2.45. The molecule has 0 heterocycles. The van der Waals surface area contributed by atoms with Gasteiger partial charge in [0.15, 0.2) is 13.2 Å². The van der Waals surface area contributed by atoms with Crippen molar-refractivity contribution in [2.75, 3.05) is 26.3 Å². The van der Waals surface area contributed by atoms with Crippen molar-refractivity contribution in [3.8, 4) is 23.7 Å². The topological polar surface area (TPSA) is 76.7 Å². The number of hydrogen-bond acceptors (Lipinski definition) is 4. The van der Waals surface area contributed by atoms with Gasteiger partial charge in [0.05, 0.1) is 0 Å². The summed E-state index contributed by atoms with van der Waals surface area (Å²) in [5.41, 5.74) is 0. The van der Waals surface area contributed by atoms with E-state index in [4.69, 9.17) is 0 Å². The van der Waals surface area contributed by atoms with Crippen LogP contribution >= 0.6 is 0 Å². The predicted molar refractivity (Wildman–Crippen MR) is 74.6 cm³/mol. The largest absolute Gasteiger partial charge is 0.436 e. The summed E-state index contributed by atoms with van der Waals surface area (Å²) in [7, 11) is 0. The molecule has 0 radical (unpaired) electrons.